The lowest BCUT2D eigenvalue weighted by Crippen LogP contribution is -2.25. The lowest BCUT2D eigenvalue weighted by Gasteiger charge is -2.07. The van der Waals surface area contributed by atoms with Crippen LogP contribution in [0.1, 0.15) is 6.92 Å². The number of carbonyl (C=O) groups is 2. The van der Waals surface area contributed by atoms with Crippen molar-refractivity contribution in [2.45, 2.75) is 6.92 Å². The van der Waals surface area contributed by atoms with E-state index >= 15 is 0 Å². The highest BCUT2D eigenvalue weighted by Crippen LogP contribution is 2.15. The third-order valence-electron chi connectivity index (χ3n) is 2.26. The minimum Gasteiger partial charge on any atom is -0.481 e. The van der Waals surface area contributed by atoms with Gasteiger partial charge in [0.05, 0.1) is 5.92 Å². The second kappa shape index (κ2) is 7.40. The van der Waals surface area contributed by atoms with Gasteiger partial charge in [0.15, 0.2) is 0 Å². The van der Waals surface area contributed by atoms with Gasteiger partial charge in [0, 0.05) is 26.7 Å². The highest BCUT2D eigenvalue weighted by atomic mass is 79.9. The van der Waals surface area contributed by atoms with Gasteiger partial charge in [-0.15, -0.1) is 0 Å². The fraction of sp³-hybridized carbons (Fsp3) is 0.333. The molecule has 0 radical (unpaired) electrons. The maximum absolute atomic E-state index is 11.6. The predicted molar refractivity (Wildman–Crippen MR) is 77.4 cm³/mol. The summed E-state index contributed by atoms with van der Waals surface area (Å²) >= 11 is 3.28. The topological polar surface area (TPSA) is 83.5 Å². The average Bonchev–Trinajstić information content (AvgIpc) is 2.27. The molecule has 0 bridgehead atoms. The van der Waals surface area contributed by atoms with E-state index in [2.05, 4.69) is 21.2 Å². The van der Waals surface area contributed by atoms with Crippen LogP contribution in [0.4, 0.5) is 5.69 Å². The van der Waals surface area contributed by atoms with Gasteiger partial charge in [-0.2, -0.15) is 0 Å². The number of amides is 1. The summed E-state index contributed by atoms with van der Waals surface area (Å²) in [4.78, 5) is 22.2. The zero-order valence-corrected chi connectivity index (χ0v) is 12.7. The van der Waals surface area contributed by atoms with Gasteiger partial charge < -0.3 is 10.4 Å². The molecule has 0 aliphatic carbocycles. The van der Waals surface area contributed by atoms with E-state index in [1.807, 2.05) is 6.07 Å². The summed E-state index contributed by atoms with van der Waals surface area (Å²) in [5, 5.41) is 11.3. The highest BCUT2D eigenvalue weighted by Gasteiger charge is 2.17. The van der Waals surface area contributed by atoms with Crippen molar-refractivity contribution in [3.8, 4) is 0 Å². The predicted octanol–water partition coefficient (Wildman–Crippen LogP) is 1.86. The highest BCUT2D eigenvalue weighted by molar-refractivity contribution is 9.10. The molecule has 0 aromatic heterocycles. The van der Waals surface area contributed by atoms with Crippen molar-refractivity contribution in [1.82, 2.24) is 0 Å². The molecule has 0 aliphatic rings. The first-order chi connectivity index (χ1) is 8.88. The molecule has 2 unspecified atom stereocenters. The van der Waals surface area contributed by atoms with Gasteiger partial charge in [-0.25, -0.2) is 0 Å². The van der Waals surface area contributed by atoms with Crippen LogP contribution in [0.5, 0.6) is 0 Å². The van der Waals surface area contributed by atoms with E-state index in [1.165, 1.54) is 6.92 Å². The number of hydrogen-bond acceptors (Lipinski definition) is 3. The summed E-state index contributed by atoms with van der Waals surface area (Å²) in [6.45, 7) is 1.46. The van der Waals surface area contributed by atoms with Gasteiger partial charge in [0.25, 0.3) is 0 Å². The van der Waals surface area contributed by atoms with Crippen molar-refractivity contribution >= 4 is 44.3 Å². The Balaban J connectivity index is 2.47. The van der Waals surface area contributed by atoms with Crippen molar-refractivity contribution < 1.29 is 18.9 Å². The summed E-state index contributed by atoms with van der Waals surface area (Å²) in [5.74, 6) is -2.36. The molecule has 5 nitrogen and oxygen atoms in total. The molecule has 0 saturated heterocycles. The quantitative estimate of drug-likeness (QED) is 0.822. The van der Waals surface area contributed by atoms with E-state index in [9.17, 15) is 13.8 Å². The van der Waals surface area contributed by atoms with Gasteiger partial charge in [0.2, 0.25) is 5.91 Å². The monoisotopic (exact) mass is 347 g/mol. The Morgan fingerprint density at radius 2 is 2.16 bits per heavy atom. The van der Waals surface area contributed by atoms with E-state index in [1.54, 1.807) is 18.2 Å². The largest absolute Gasteiger partial charge is 0.481 e. The van der Waals surface area contributed by atoms with E-state index in [0.29, 0.717) is 5.69 Å². The molecule has 2 atom stereocenters. The molecule has 0 heterocycles. The van der Waals surface area contributed by atoms with Crippen molar-refractivity contribution in [1.29, 1.82) is 0 Å². The van der Waals surface area contributed by atoms with Crippen molar-refractivity contribution in [3.05, 3.63) is 28.7 Å². The van der Waals surface area contributed by atoms with Crippen molar-refractivity contribution in [3.63, 3.8) is 0 Å². The molecule has 1 amide bonds. The second-order valence-electron chi connectivity index (χ2n) is 4.05. The normalized spacial score (nSPS) is 13.6. The Labute approximate surface area is 122 Å². The summed E-state index contributed by atoms with van der Waals surface area (Å²) in [5.41, 5.74) is 0.600. The summed E-state index contributed by atoms with van der Waals surface area (Å²) in [7, 11) is -1.48. The smallest absolute Gasteiger partial charge is 0.307 e. The molecule has 1 rings (SSSR count). The Morgan fingerprint density at radius 3 is 2.74 bits per heavy atom. The minimum absolute atomic E-state index is 0.0266. The molecule has 0 saturated carbocycles. The molecular weight excluding hydrogens is 334 g/mol. The first-order valence-electron chi connectivity index (χ1n) is 5.51. The van der Waals surface area contributed by atoms with Crippen molar-refractivity contribution in [2.75, 3.05) is 16.8 Å². The third-order valence-corrected chi connectivity index (χ3v) is 4.21. The molecule has 104 valence electrons. The number of aliphatic carboxylic acids is 1. The van der Waals surface area contributed by atoms with E-state index in [0.717, 1.165) is 4.47 Å². The van der Waals surface area contributed by atoms with Gasteiger partial charge in [-0.05, 0) is 18.2 Å². The zero-order valence-electron chi connectivity index (χ0n) is 10.3. The maximum atomic E-state index is 11.6. The third kappa shape index (κ3) is 5.98. The molecule has 0 aliphatic heterocycles. The summed E-state index contributed by atoms with van der Waals surface area (Å²) in [6, 6.07) is 7.03. The number of rotatable bonds is 6. The van der Waals surface area contributed by atoms with Crippen LogP contribution in [-0.2, 0) is 20.4 Å². The SMILES string of the molecule is CC(CS(=O)CC(=O)Nc1cccc(Br)c1)C(=O)O. The zero-order chi connectivity index (χ0) is 14.4. The molecule has 0 fully saturated rings. The number of anilines is 1. The molecular formula is C12H14BrNO4S. The number of carbonyl (C=O) groups excluding carboxylic acids is 1. The number of benzene rings is 1. The first kappa shape index (κ1) is 15.8. The molecule has 0 spiro atoms. The molecule has 7 heteroatoms. The number of halogens is 1. The Morgan fingerprint density at radius 1 is 1.47 bits per heavy atom. The first-order valence-corrected chi connectivity index (χ1v) is 7.80. The Kier molecular flexibility index (Phi) is 6.17. The van der Waals surface area contributed by atoms with Crippen LogP contribution in [0.25, 0.3) is 0 Å². The number of carboxylic acids is 1. The van der Waals surface area contributed by atoms with Crippen LogP contribution in [0.2, 0.25) is 0 Å². The fourth-order valence-corrected chi connectivity index (χ4v) is 2.90. The van der Waals surface area contributed by atoms with Crippen molar-refractivity contribution in [2.24, 2.45) is 5.92 Å². The number of carboxylic acid groups (broad SMARTS) is 1. The van der Waals surface area contributed by atoms with Crippen LogP contribution in [0.3, 0.4) is 0 Å². The number of hydrogen-bond donors (Lipinski definition) is 2. The van der Waals surface area contributed by atoms with Gasteiger partial charge in [-0.1, -0.05) is 28.9 Å². The molecule has 19 heavy (non-hydrogen) atoms. The van der Waals surface area contributed by atoms with Crippen LogP contribution >= 0.6 is 15.9 Å². The van der Waals surface area contributed by atoms with Gasteiger partial charge in [0.1, 0.15) is 5.75 Å². The van der Waals surface area contributed by atoms with Crippen LogP contribution < -0.4 is 5.32 Å². The van der Waals surface area contributed by atoms with E-state index in [-0.39, 0.29) is 11.5 Å². The lowest BCUT2D eigenvalue weighted by atomic mass is 10.2. The Hall–Kier alpha value is -1.21. The Bertz CT molecular complexity index is 506. The maximum Gasteiger partial charge on any atom is 0.307 e. The minimum atomic E-state index is -1.48. The van der Waals surface area contributed by atoms with Crippen LogP contribution in [-0.4, -0.2) is 32.7 Å². The standard InChI is InChI=1S/C12H14BrNO4S/c1-8(12(16)17)6-19(18)7-11(15)14-10-4-2-3-9(13)5-10/h2-5,8H,6-7H2,1H3,(H,14,15)(H,16,17). The summed E-state index contributed by atoms with van der Waals surface area (Å²) < 4.78 is 12.4. The fourth-order valence-electron chi connectivity index (χ4n) is 1.32. The summed E-state index contributed by atoms with van der Waals surface area (Å²) in [6.07, 6.45) is 0. The number of nitrogens with one attached hydrogen (secondary N) is 1. The molecule has 2 N–H and O–H groups in total. The van der Waals surface area contributed by atoms with Crippen LogP contribution in [0, 0.1) is 5.92 Å². The van der Waals surface area contributed by atoms with Crippen LogP contribution in [0.15, 0.2) is 28.7 Å². The average molecular weight is 348 g/mol. The van der Waals surface area contributed by atoms with E-state index < -0.39 is 28.6 Å². The van der Waals surface area contributed by atoms with Gasteiger partial charge in [-0.3, -0.25) is 13.8 Å². The second-order valence-corrected chi connectivity index (χ2v) is 6.47. The molecule has 1 aromatic carbocycles. The van der Waals surface area contributed by atoms with E-state index in [4.69, 9.17) is 5.11 Å². The lowest BCUT2D eigenvalue weighted by molar-refractivity contribution is -0.140. The molecule has 1 aromatic rings. The van der Waals surface area contributed by atoms with Gasteiger partial charge >= 0.3 is 5.97 Å².